The molecule has 20 heavy (non-hydrogen) atoms. The molecule has 0 aromatic rings. The Morgan fingerprint density at radius 3 is 2.10 bits per heavy atom. The van der Waals surface area contributed by atoms with Crippen LogP contribution in [0.1, 0.15) is 90.4 Å². The van der Waals surface area contributed by atoms with Crippen LogP contribution in [-0.2, 0) is 9.53 Å². The molecule has 0 aliphatic carbocycles. The van der Waals surface area contributed by atoms with Crippen molar-refractivity contribution >= 4 is 21.9 Å². The lowest BCUT2D eigenvalue weighted by atomic mass is 10.0. The average molecular weight is 347 g/mol. The SMILES string of the molecule is CCCCCCCCCCCC[C@@H](Br)[C@@H]1CCC(=O)O1. The molecule has 1 heterocycles. The van der Waals surface area contributed by atoms with Gasteiger partial charge in [-0.05, 0) is 12.8 Å². The summed E-state index contributed by atoms with van der Waals surface area (Å²) in [6.45, 7) is 2.27. The van der Waals surface area contributed by atoms with Gasteiger partial charge in [-0.25, -0.2) is 0 Å². The first-order chi connectivity index (χ1) is 9.74. The van der Waals surface area contributed by atoms with E-state index >= 15 is 0 Å². The van der Waals surface area contributed by atoms with Crippen molar-refractivity contribution in [2.45, 2.75) is 101 Å². The first kappa shape index (κ1) is 18.0. The summed E-state index contributed by atoms with van der Waals surface area (Å²) < 4.78 is 5.28. The fraction of sp³-hybridized carbons (Fsp3) is 0.941. The van der Waals surface area contributed by atoms with Gasteiger partial charge in [-0.2, -0.15) is 0 Å². The van der Waals surface area contributed by atoms with Gasteiger partial charge in [-0.3, -0.25) is 4.79 Å². The first-order valence-electron chi connectivity index (χ1n) is 8.57. The van der Waals surface area contributed by atoms with Crippen molar-refractivity contribution in [2.75, 3.05) is 0 Å². The summed E-state index contributed by atoms with van der Waals surface area (Å²) in [5, 5.41) is 0. The monoisotopic (exact) mass is 346 g/mol. The number of esters is 1. The van der Waals surface area contributed by atoms with Crippen molar-refractivity contribution in [3.8, 4) is 0 Å². The summed E-state index contributed by atoms with van der Waals surface area (Å²) in [6, 6.07) is 0. The Morgan fingerprint density at radius 1 is 1.05 bits per heavy atom. The smallest absolute Gasteiger partial charge is 0.306 e. The van der Waals surface area contributed by atoms with Crippen LogP contribution in [-0.4, -0.2) is 16.9 Å². The van der Waals surface area contributed by atoms with Crippen molar-refractivity contribution in [1.82, 2.24) is 0 Å². The van der Waals surface area contributed by atoms with Gasteiger partial charge in [0.2, 0.25) is 0 Å². The molecule has 1 fully saturated rings. The van der Waals surface area contributed by atoms with E-state index in [1.807, 2.05) is 0 Å². The van der Waals surface area contributed by atoms with Crippen molar-refractivity contribution in [2.24, 2.45) is 0 Å². The van der Waals surface area contributed by atoms with E-state index in [4.69, 9.17) is 4.74 Å². The Balaban J connectivity index is 1.83. The highest BCUT2D eigenvalue weighted by Crippen LogP contribution is 2.26. The molecular weight excluding hydrogens is 316 g/mol. The van der Waals surface area contributed by atoms with E-state index in [9.17, 15) is 4.79 Å². The standard InChI is InChI=1S/C17H31BrO2/c1-2-3-4-5-6-7-8-9-10-11-12-15(18)16-13-14-17(19)20-16/h15-16H,2-14H2,1H3/t15-,16+/m1/s1. The van der Waals surface area contributed by atoms with Crippen molar-refractivity contribution in [1.29, 1.82) is 0 Å². The molecule has 2 nitrogen and oxygen atoms in total. The van der Waals surface area contributed by atoms with Gasteiger partial charge in [0.1, 0.15) is 6.10 Å². The van der Waals surface area contributed by atoms with E-state index < -0.39 is 0 Å². The van der Waals surface area contributed by atoms with Crippen molar-refractivity contribution in [3.05, 3.63) is 0 Å². The number of ether oxygens (including phenoxy) is 1. The van der Waals surface area contributed by atoms with Gasteiger partial charge in [-0.1, -0.05) is 87.1 Å². The zero-order valence-electron chi connectivity index (χ0n) is 13.0. The molecule has 1 aliphatic heterocycles. The highest BCUT2D eigenvalue weighted by atomic mass is 79.9. The number of hydrogen-bond donors (Lipinski definition) is 0. The number of cyclic esters (lactones) is 1. The van der Waals surface area contributed by atoms with E-state index in [0.717, 1.165) is 12.8 Å². The second kappa shape index (κ2) is 11.6. The van der Waals surface area contributed by atoms with Gasteiger partial charge in [-0.15, -0.1) is 0 Å². The minimum atomic E-state index is -0.0254. The van der Waals surface area contributed by atoms with Crippen LogP contribution in [0.25, 0.3) is 0 Å². The molecule has 0 amide bonds. The Morgan fingerprint density at radius 2 is 1.60 bits per heavy atom. The summed E-state index contributed by atoms with van der Waals surface area (Å²) in [5.74, 6) is -0.0254. The average Bonchev–Trinajstić information content (AvgIpc) is 2.87. The Labute approximate surface area is 133 Å². The third-order valence-corrected chi connectivity index (χ3v) is 5.20. The molecule has 0 unspecified atom stereocenters. The Kier molecular flexibility index (Phi) is 10.4. The van der Waals surface area contributed by atoms with E-state index in [1.165, 1.54) is 64.2 Å². The molecule has 1 saturated heterocycles. The van der Waals surface area contributed by atoms with Gasteiger partial charge in [0.15, 0.2) is 0 Å². The number of rotatable bonds is 12. The van der Waals surface area contributed by atoms with Gasteiger partial charge in [0, 0.05) is 6.42 Å². The summed E-state index contributed by atoms with van der Waals surface area (Å²) in [7, 11) is 0. The van der Waals surface area contributed by atoms with Crippen LogP contribution in [0.15, 0.2) is 0 Å². The predicted molar refractivity (Wildman–Crippen MR) is 88.3 cm³/mol. The van der Waals surface area contributed by atoms with Crippen LogP contribution < -0.4 is 0 Å². The largest absolute Gasteiger partial charge is 0.461 e. The summed E-state index contributed by atoms with van der Waals surface area (Å²) in [5.41, 5.74) is 0. The fourth-order valence-electron chi connectivity index (χ4n) is 2.81. The first-order valence-corrected chi connectivity index (χ1v) is 9.49. The second-order valence-corrected chi connectivity index (χ2v) is 7.23. The molecule has 0 bridgehead atoms. The molecule has 0 saturated carbocycles. The molecule has 1 rings (SSSR count). The van der Waals surface area contributed by atoms with Crippen LogP contribution in [0.4, 0.5) is 0 Å². The summed E-state index contributed by atoms with van der Waals surface area (Å²) in [4.78, 5) is 11.4. The number of carbonyl (C=O) groups is 1. The lowest BCUT2D eigenvalue weighted by Gasteiger charge is -2.16. The molecule has 0 spiro atoms. The van der Waals surface area contributed by atoms with E-state index in [2.05, 4.69) is 22.9 Å². The maximum absolute atomic E-state index is 11.1. The molecule has 118 valence electrons. The number of unbranched alkanes of at least 4 members (excludes halogenated alkanes) is 9. The zero-order chi connectivity index (χ0) is 14.6. The van der Waals surface area contributed by atoms with E-state index in [-0.39, 0.29) is 12.1 Å². The van der Waals surface area contributed by atoms with Crippen LogP contribution in [0, 0.1) is 0 Å². The summed E-state index contributed by atoms with van der Waals surface area (Å²) in [6.07, 6.45) is 16.5. The molecule has 0 aromatic carbocycles. The lowest BCUT2D eigenvalue weighted by molar-refractivity contribution is -0.141. The second-order valence-electron chi connectivity index (χ2n) is 6.05. The minimum absolute atomic E-state index is 0.0254. The number of hydrogen-bond acceptors (Lipinski definition) is 2. The lowest BCUT2D eigenvalue weighted by Crippen LogP contribution is -2.20. The molecule has 2 atom stereocenters. The van der Waals surface area contributed by atoms with Gasteiger partial charge in [0.25, 0.3) is 0 Å². The van der Waals surface area contributed by atoms with Gasteiger partial charge in [0.05, 0.1) is 4.83 Å². The fourth-order valence-corrected chi connectivity index (χ4v) is 3.51. The molecule has 0 N–H and O–H groups in total. The van der Waals surface area contributed by atoms with Gasteiger partial charge >= 0.3 is 5.97 Å². The molecule has 3 heteroatoms. The van der Waals surface area contributed by atoms with Crippen molar-refractivity contribution < 1.29 is 9.53 Å². The quantitative estimate of drug-likeness (QED) is 0.255. The molecule has 1 aliphatic rings. The highest BCUT2D eigenvalue weighted by Gasteiger charge is 2.28. The van der Waals surface area contributed by atoms with Crippen LogP contribution >= 0.6 is 15.9 Å². The number of carbonyl (C=O) groups excluding carboxylic acids is 1. The molecule has 0 aromatic heterocycles. The van der Waals surface area contributed by atoms with E-state index in [0.29, 0.717) is 11.2 Å². The predicted octanol–water partition coefficient (Wildman–Crippen LogP) is 5.77. The third-order valence-electron chi connectivity index (χ3n) is 4.15. The van der Waals surface area contributed by atoms with Crippen LogP contribution in [0.2, 0.25) is 0 Å². The van der Waals surface area contributed by atoms with Crippen molar-refractivity contribution in [3.63, 3.8) is 0 Å². The third kappa shape index (κ3) is 8.28. The molecular formula is C17H31BrO2. The number of halogens is 1. The van der Waals surface area contributed by atoms with Crippen LogP contribution in [0.3, 0.4) is 0 Å². The highest BCUT2D eigenvalue weighted by molar-refractivity contribution is 9.09. The summed E-state index contributed by atoms with van der Waals surface area (Å²) >= 11 is 3.67. The molecule has 0 radical (unpaired) electrons. The number of alkyl halides is 1. The topological polar surface area (TPSA) is 26.3 Å². The maximum atomic E-state index is 11.1. The zero-order valence-corrected chi connectivity index (χ0v) is 14.6. The minimum Gasteiger partial charge on any atom is -0.461 e. The Hall–Kier alpha value is -0.0500. The Bertz CT molecular complexity index is 255. The normalized spacial score (nSPS) is 20.1. The van der Waals surface area contributed by atoms with E-state index in [1.54, 1.807) is 0 Å². The van der Waals surface area contributed by atoms with Crippen LogP contribution in [0.5, 0.6) is 0 Å². The van der Waals surface area contributed by atoms with Gasteiger partial charge < -0.3 is 4.74 Å². The maximum Gasteiger partial charge on any atom is 0.306 e.